The van der Waals surface area contributed by atoms with Crippen molar-refractivity contribution in [1.82, 2.24) is 0 Å². The molecule has 0 saturated heterocycles. The summed E-state index contributed by atoms with van der Waals surface area (Å²) >= 11 is 9.49. The van der Waals surface area contributed by atoms with Crippen LogP contribution in [0.25, 0.3) is 0 Å². The number of ketones is 2. The van der Waals surface area contributed by atoms with Crippen LogP contribution in [0.15, 0.2) is 53.0 Å². The summed E-state index contributed by atoms with van der Waals surface area (Å²) in [4.78, 5) is 26.0. The highest BCUT2D eigenvalue weighted by Crippen LogP contribution is 2.47. The highest BCUT2D eigenvalue weighted by atomic mass is 79.9. The number of halogens is 2. The van der Waals surface area contributed by atoms with Crippen LogP contribution < -0.4 is 16.2 Å². The van der Waals surface area contributed by atoms with Gasteiger partial charge in [-0.2, -0.15) is 0 Å². The molecule has 134 valence electrons. The lowest BCUT2D eigenvalue weighted by atomic mass is 9.82. The third-order valence-electron chi connectivity index (χ3n) is 4.39. The topological polar surface area (TPSA) is 95.4 Å². The Hall–Kier alpha value is -2.83. The van der Waals surface area contributed by atoms with Crippen molar-refractivity contribution in [1.29, 1.82) is 0 Å². The van der Waals surface area contributed by atoms with Crippen LogP contribution in [0.1, 0.15) is 31.8 Å². The highest BCUT2D eigenvalue weighted by molar-refractivity contribution is 9.10. The molecule has 0 aliphatic heterocycles. The monoisotopic (exact) mass is 442 g/mol. The van der Waals surface area contributed by atoms with Crippen LogP contribution >= 0.6 is 27.5 Å². The van der Waals surface area contributed by atoms with Gasteiger partial charge in [-0.3, -0.25) is 9.59 Å². The number of nitrogen functional groups attached to an aromatic ring is 2. The van der Waals surface area contributed by atoms with Crippen LogP contribution in [0.4, 0.5) is 11.4 Å². The largest absolute Gasteiger partial charge is 0.452 e. The summed E-state index contributed by atoms with van der Waals surface area (Å²) in [6.45, 7) is 0. The van der Waals surface area contributed by atoms with Gasteiger partial charge in [0.2, 0.25) is 0 Å². The van der Waals surface area contributed by atoms with Crippen LogP contribution in [0.5, 0.6) is 11.5 Å². The molecule has 3 aromatic carbocycles. The molecule has 0 heterocycles. The molecule has 0 atom stereocenters. The first-order chi connectivity index (χ1) is 12.9. The Balaban J connectivity index is 1.96. The number of hydrogen-bond acceptors (Lipinski definition) is 5. The van der Waals surface area contributed by atoms with Crippen molar-refractivity contribution in [3.05, 3.63) is 80.3 Å². The molecule has 0 fully saturated rings. The maximum atomic E-state index is 13.0. The summed E-state index contributed by atoms with van der Waals surface area (Å²) in [6, 6.07) is 13.4. The van der Waals surface area contributed by atoms with Crippen LogP contribution in [0.2, 0.25) is 5.02 Å². The minimum absolute atomic E-state index is 0.0267. The van der Waals surface area contributed by atoms with E-state index in [0.29, 0.717) is 20.8 Å². The molecule has 0 radical (unpaired) electrons. The second-order valence-corrected chi connectivity index (χ2v) is 7.16. The minimum atomic E-state index is -0.374. The van der Waals surface area contributed by atoms with E-state index in [1.807, 2.05) is 0 Å². The van der Waals surface area contributed by atoms with Gasteiger partial charge in [0, 0.05) is 11.1 Å². The summed E-state index contributed by atoms with van der Waals surface area (Å²) < 4.78 is 6.13. The Morgan fingerprint density at radius 1 is 0.815 bits per heavy atom. The number of para-hydroxylation sites is 1. The minimum Gasteiger partial charge on any atom is -0.452 e. The SMILES string of the molecule is Nc1c(Br)c(Oc2ccccc2Cl)c(N)c2c1C(=O)c1ccccc1C2=O. The van der Waals surface area contributed by atoms with Crippen molar-refractivity contribution >= 4 is 50.5 Å². The molecule has 0 aromatic heterocycles. The van der Waals surface area contributed by atoms with Crippen molar-refractivity contribution in [2.45, 2.75) is 0 Å². The average Bonchev–Trinajstić information content (AvgIpc) is 2.67. The lowest BCUT2D eigenvalue weighted by Gasteiger charge is -2.23. The number of anilines is 2. The molecule has 27 heavy (non-hydrogen) atoms. The molecule has 3 aromatic rings. The Morgan fingerprint density at radius 2 is 1.33 bits per heavy atom. The zero-order valence-corrected chi connectivity index (χ0v) is 16.1. The van der Waals surface area contributed by atoms with Gasteiger partial charge >= 0.3 is 0 Å². The summed E-state index contributed by atoms with van der Waals surface area (Å²) in [7, 11) is 0. The predicted molar refractivity (Wildman–Crippen MR) is 108 cm³/mol. The van der Waals surface area contributed by atoms with Crippen molar-refractivity contribution in [3.8, 4) is 11.5 Å². The molecule has 1 aliphatic carbocycles. The molecule has 7 heteroatoms. The number of nitrogens with two attached hydrogens (primary N) is 2. The summed E-state index contributed by atoms with van der Waals surface area (Å²) in [5.41, 5.74) is 13.3. The number of fused-ring (bicyclic) bond motifs is 2. The smallest absolute Gasteiger partial charge is 0.196 e. The second-order valence-electron chi connectivity index (χ2n) is 5.96. The van der Waals surface area contributed by atoms with Gasteiger partial charge < -0.3 is 16.2 Å². The number of carbonyl (C=O) groups is 2. The van der Waals surface area contributed by atoms with Crippen LogP contribution in [0, 0.1) is 0 Å². The van der Waals surface area contributed by atoms with Crippen molar-refractivity contribution in [2.24, 2.45) is 0 Å². The summed E-state index contributed by atoms with van der Waals surface area (Å²) in [6.07, 6.45) is 0. The number of rotatable bonds is 2. The maximum absolute atomic E-state index is 13.0. The lowest BCUT2D eigenvalue weighted by Crippen LogP contribution is -2.24. The fourth-order valence-corrected chi connectivity index (χ4v) is 3.76. The molecule has 4 N–H and O–H groups in total. The van der Waals surface area contributed by atoms with Crippen molar-refractivity contribution in [2.75, 3.05) is 11.5 Å². The average molecular weight is 444 g/mol. The number of ether oxygens (including phenoxy) is 1. The van der Waals surface area contributed by atoms with E-state index in [9.17, 15) is 9.59 Å². The summed E-state index contributed by atoms with van der Waals surface area (Å²) in [5.74, 6) is -0.240. The summed E-state index contributed by atoms with van der Waals surface area (Å²) in [5, 5.41) is 0.368. The molecule has 0 amide bonds. The molecule has 4 rings (SSSR count). The van der Waals surface area contributed by atoms with E-state index in [1.54, 1.807) is 48.5 Å². The molecular formula is C20H12BrClN2O3. The van der Waals surface area contributed by atoms with E-state index in [-0.39, 0.29) is 45.4 Å². The zero-order valence-electron chi connectivity index (χ0n) is 13.8. The Morgan fingerprint density at radius 3 is 1.93 bits per heavy atom. The molecule has 5 nitrogen and oxygen atoms in total. The normalized spacial score (nSPS) is 12.5. The first-order valence-corrected chi connectivity index (χ1v) is 9.10. The molecule has 1 aliphatic rings. The van der Waals surface area contributed by atoms with E-state index in [4.69, 9.17) is 27.8 Å². The van der Waals surface area contributed by atoms with Crippen LogP contribution in [-0.2, 0) is 0 Å². The lowest BCUT2D eigenvalue weighted by molar-refractivity contribution is 0.0980. The van der Waals surface area contributed by atoms with Gasteiger partial charge in [0.1, 0.15) is 5.75 Å². The molecule has 0 saturated carbocycles. The Kier molecular flexibility index (Phi) is 4.17. The highest BCUT2D eigenvalue weighted by Gasteiger charge is 2.36. The van der Waals surface area contributed by atoms with Gasteiger partial charge in [0.15, 0.2) is 17.3 Å². The number of carbonyl (C=O) groups excluding carboxylic acids is 2. The van der Waals surface area contributed by atoms with Crippen LogP contribution in [-0.4, -0.2) is 11.6 Å². The van der Waals surface area contributed by atoms with Gasteiger partial charge in [-0.1, -0.05) is 48.0 Å². The quantitative estimate of drug-likeness (QED) is 0.432. The molecule has 0 unspecified atom stereocenters. The van der Waals surface area contributed by atoms with Gasteiger partial charge in [-0.15, -0.1) is 0 Å². The van der Waals surface area contributed by atoms with Gasteiger partial charge in [0.25, 0.3) is 0 Å². The van der Waals surface area contributed by atoms with Gasteiger partial charge in [-0.25, -0.2) is 0 Å². The third kappa shape index (κ3) is 2.60. The Labute approximate surface area is 168 Å². The first kappa shape index (κ1) is 17.6. The van der Waals surface area contributed by atoms with Crippen molar-refractivity contribution in [3.63, 3.8) is 0 Å². The molecule has 0 bridgehead atoms. The fourth-order valence-electron chi connectivity index (χ4n) is 3.09. The third-order valence-corrected chi connectivity index (χ3v) is 5.49. The number of benzene rings is 3. The van der Waals surface area contributed by atoms with E-state index >= 15 is 0 Å². The molecule has 0 spiro atoms. The first-order valence-electron chi connectivity index (χ1n) is 7.93. The maximum Gasteiger partial charge on any atom is 0.196 e. The standard InChI is InChI=1S/C20H12BrClN2O3/c21-15-16(23)13-14(19(26)10-6-2-1-5-9(10)18(13)25)17(24)20(15)27-12-8-4-3-7-11(12)22/h1-8H,23-24H2. The van der Waals surface area contributed by atoms with E-state index in [0.717, 1.165) is 0 Å². The second kappa shape index (κ2) is 6.40. The fraction of sp³-hybridized carbons (Fsp3) is 0. The van der Waals surface area contributed by atoms with Gasteiger partial charge in [-0.05, 0) is 28.1 Å². The van der Waals surface area contributed by atoms with E-state index in [1.165, 1.54) is 0 Å². The van der Waals surface area contributed by atoms with E-state index in [2.05, 4.69) is 15.9 Å². The molecular weight excluding hydrogens is 432 g/mol. The van der Waals surface area contributed by atoms with E-state index < -0.39 is 0 Å². The Bertz CT molecular complexity index is 1140. The zero-order chi connectivity index (χ0) is 19.3. The number of hydrogen-bond donors (Lipinski definition) is 2. The predicted octanol–water partition coefficient (Wildman–Crippen LogP) is 4.83. The van der Waals surface area contributed by atoms with Crippen LogP contribution in [0.3, 0.4) is 0 Å². The van der Waals surface area contributed by atoms with Gasteiger partial charge in [0.05, 0.1) is 32.0 Å². The van der Waals surface area contributed by atoms with Crippen molar-refractivity contribution < 1.29 is 14.3 Å².